The first-order chi connectivity index (χ1) is 14.1. The van der Waals surface area contributed by atoms with E-state index >= 15 is 0 Å². The molecule has 2 aliphatic heterocycles. The van der Waals surface area contributed by atoms with Gasteiger partial charge >= 0.3 is 0 Å². The molecule has 4 rings (SSSR count). The van der Waals surface area contributed by atoms with Gasteiger partial charge < -0.3 is 14.5 Å². The Morgan fingerprint density at radius 3 is 2.55 bits per heavy atom. The Kier molecular flexibility index (Phi) is 5.90. The maximum atomic E-state index is 13.0. The number of rotatable bonds is 6. The highest BCUT2D eigenvalue weighted by atomic mass is 19.1. The summed E-state index contributed by atoms with van der Waals surface area (Å²) in [6.07, 6.45) is 1.35. The minimum atomic E-state index is -0.369. The first-order valence-corrected chi connectivity index (χ1v) is 10.2. The third kappa shape index (κ3) is 4.82. The van der Waals surface area contributed by atoms with E-state index in [1.165, 1.54) is 40.3 Å². The van der Waals surface area contributed by atoms with Gasteiger partial charge in [-0.05, 0) is 48.0 Å². The second-order valence-electron chi connectivity index (χ2n) is 7.78. The largest absolute Gasteiger partial charge is 0.493 e. The van der Waals surface area contributed by atoms with Gasteiger partial charge in [0.2, 0.25) is 5.91 Å². The van der Waals surface area contributed by atoms with Gasteiger partial charge in [-0.1, -0.05) is 0 Å². The number of quaternary nitrogens is 1. The fourth-order valence-electron chi connectivity index (χ4n) is 4.05. The second kappa shape index (κ2) is 8.74. The Hall–Kier alpha value is -2.73. The molecule has 152 valence electrons. The lowest BCUT2D eigenvalue weighted by molar-refractivity contribution is -0.917. The first-order valence-electron chi connectivity index (χ1n) is 10.2. The van der Waals surface area contributed by atoms with E-state index in [2.05, 4.69) is 18.2 Å². The van der Waals surface area contributed by atoms with Crippen LogP contribution >= 0.6 is 0 Å². The lowest BCUT2D eigenvalue weighted by atomic mass is 10.1. The van der Waals surface area contributed by atoms with Crippen LogP contribution in [0, 0.1) is 5.82 Å². The van der Waals surface area contributed by atoms with Crippen molar-refractivity contribution in [1.82, 2.24) is 4.90 Å². The van der Waals surface area contributed by atoms with E-state index in [4.69, 9.17) is 4.74 Å². The fourth-order valence-corrected chi connectivity index (χ4v) is 4.05. The molecule has 0 atom stereocenters. The van der Waals surface area contributed by atoms with Crippen molar-refractivity contribution in [2.75, 3.05) is 32.8 Å². The van der Waals surface area contributed by atoms with Gasteiger partial charge in [-0.2, -0.15) is 0 Å². The lowest BCUT2D eigenvalue weighted by Crippen LogP contribution is -3.13. The van der Waals surface area contributed by atoms with Crippen molar-refractivity contribution in [3.8, 4) is 5.75 Å². The number of Topliss-reactive ketones (excluding diaryl/α,β-unsaturated/α-hetero) is 1. The minimum Gasteiger partial charge on any atom is -0.493 e. The van der Waals surface area contributed by atoms with E-state index in [-0.39, 0.29) is 30.3 Å². The summed E-state index contributed by atoms with van der Waals surface area (Å²) >= 11 is 0. The van der Waals surface area contributed by atoms with E-state index in [1.54, 1.807) is 0 Å². The predicted octanol–water partition coefficient (Wildman–Crippen LogP) is 1.65. The Bertz CT molecular complexity index is 889. The standard InChI is InChI=1S/C23H25FN2O3/c24-20-4-2-18(3-5-20)21(27)6-8-23(28)26-12-10-25(11-13-26)16-17-1-7-22-19(15-17)9-14-29-22/h1-5,7,15H,6,8-14,16H2/p+1. The smallest absolute Gasteiger partial charge is 0.223 e. The molecule has 1 N–H and O–H groups in total. The molecule has 0 spiro atoms. The summed E-state index contributed by atoms with van der Waals surface area (Å²) in [5, 5.41) is 0. The number of ether oxygens (including phenoxy) is 1. The number of fused-ring (bicyclic) bond motifs is 1. The minimum absolute atomic E-state index is 0.0224. The summed E-state index contributed by atoms with van der Waals surface area (Å²) < 4.78 is 18.5. The molecule has 0 aromatic heterocycles. The summed E-state index contributed by atoms with van der Waals surface area (Å²) in [6.45, 7) is 4.98. The highest BCUT2D eigenvalue weighted by Gasteiger charge is 2.24. The van der Waals surface area contributed by atoms with Crippen LogP contribution in [-0.2, 0) is 17.8 Å². The van der Waals surface area contributed by atoms with Crippen LogP contribution in [0.4, 0.5) is 4.39 Å². The Morgan fingerprint density at radius 2 is 1.79 bits per heavy atom. The average Bonchev–Trinajstić information content (AvgIpc) is 3.21. The highest BCUT2D eigenvalue weighted by Crippen LogP contribution is 2.25. The van der Waals surface area contributed by atoms with Crippen LogP contribution in [0.1, 0.15) is 34.3 Å². The summed E-state index contributed by atoms with van der Waals surface area (Å²) in [6, 6.07) is 11.9. The summed E-state index contributed by atoms with van der Waals surface area (Å²) in [4.78, 5) is 28.0. The van der Waals surface area contributed by atoms with Crippen LogP contribution in [0.3, 0.4) is 0 Å². The van der Waals surface area contributed by atoms with Crippen molar-refractivity contribution in [2.24, 2.45) is 0 Å². The zero-order valence-electron chi connectivity index (χ0n) is 16.5. The monoisotopic (exact) mass is 397 g/mol. The summed E-state index contributed by atoms with van der Waals surface area (Å²) in [5.41, 5.74) is 3.06. The molecule has 2 aliphatic rings. The molecule has 29 heavy (non-hydrogen) atoms. The first kappa shape index (κ1) is 19.6. The number of carbonyl (C=O) groups excluding carboxylic acids is 2. The van der Waals surface area contributed by atoms with Gasteiger partial charge in [0.1, 0.15) is 18.1 Å². The molecule has 1 saturated heterocycles. The van der Waals surface area contributed by atoms with Gasteiger partial charge in [-0.15, -0.1) is 0 Å². The molecule has 6 heteroatoms. The quantitative estimate of drug-likeness (QED) is 0.755. The van der Waals surface area contributed by atoms with E-state index in [1.807, 2.05) is 4.90 Å². The molecule has 0 unspecified atom stereocenters. The number of benzene rings is 2. The van der Waals surface area contributed by atoms with E-state index in [0.29, 0.717) is 18.7 Å². The van der Waals surface area contributed by atoms with Crippen molar-refractivity contribution in [3.05, 3.63) is 65.0 Å². The van der Waals surface area contributed by atoms with Crippen LogP contribution in [0.2, 0.25) is 0 Å². The zero-order valence-corrected chi connectivity index (χ0v) is 16.5. The van der Waals surface area contributed by atoms with E-state index in [9.17, 15) is 14.0 Å². The number of piperazine rings is 1. The maximum Gasteiger partial charge on any atom is 0.223 e. The van der Waals surface area contributed by atoms with Crippen LogP contribution in [0.15, 0.2) is 42.5 Å². The predicted molar refractivity (Wildman–Crippen MR) is 107 cm³/mol. The molecule has 1 fully saturated rings. The SMILES string of the molecule is O=C(CCC(=O)N1CC[NH+](Cc2ccc3c(c2)CCO3)CC1)c1ccc(F)cc1. The molecule has 2 aromatic carbocycles. The fraction of sp³-hybridized carbons (Fsp3) is 0.391. The Labute approximate surface area is 170 Å². The van der Waals surface area contributed by atoms with E-state index < -0.39 is 0 Å². The van der Waals surface area contributed by atoms with Crippen LogP contribution in [-0.4, -0.2) is 49.4 Å². The molecule has 0 aliphatic carbocycles. The molecule has 2 heterocycles. The number of ketones is 1. The molecule has 2 aromatic rings. The van der Waals surface area contributed by atoms with E-state index in [0.717, 1.165) is 38.4 Å². The molecule has 0 radical (unpaired) electrons. The normalized spacial score (nSPS) is 16.4. The third-order valence-electron chi connectivity index (χ3n) is 5.76. The average molecular weight is 397 g/mol. The Morgan fingerprint density at radius 1 is 1.03 bits per heavy atom. The van der Waals surface area contributed by atoms with Crippen molar-refractivity contribution < 1.29 is 23.6 Å². The molecular formula is C23H26FN2O3+. The van der Waals surface area contributed by atoms with Gasteiger partial charge in [0, 0.05) is 30.4 Å². The lowest BCUT2D eigenvalue weighted by Gasteiger charge is -2.32. The van der Waals surface area contributed by atoms with Crippen LogP contribution < -0.4 is 9.64 Å². The number of nitrogens with one attached hydrogen (secondary N) is 1. The van der Waals surface area contributed by atoms with Crippen molar-refractivity contribution in [3.63, 3.8) is 0 Å². The van der Waals surface area contributed by atoms with Gasteiger partial charge in [0.05, 0.1) is 32.8 Å². The van der Waals surface area contributed by atoms with Gasteiger partial charge in [0.25, 0.3) is 0 Å². The van der Waals surface area contributed by atoms with Crippen molar-refractivity contribution in [2.45, 2.75) is 25.8 Å². The molecule has 5 nitrogen and oxygen atoms in total. The number of halogens is 1. The molecule has 0 saturated carbocycles. The number of nitrogens with zero attached hydrogens (tertiary/aromatic N) is 1. The number of amides is 1. The Balaban J connectivity index is 1.22. The highest BCUT2D eigenvalue weighted by molar-refractivity contribution is 5.97. The van der Waals surface area contributed by atoms with Crippen molar-refractivity contribution >= 4 is 11.7 Å². The number of carbonyl (C=O) groups is 2. The van der Waals surface area contributed by atoms with Crippen LogP contribution in [0.25, 0.3) is 0 Å². The van der Waals surface area contributed by atoms with Gasteiger partial charge in [0.15, 0.2) is 5.78 Å². The molecule has 1 amide bonds. The molecule has 0 bridgehead atoms. The van der Waals surface area contributed by atoms with Crippen LogP contribution in [0.5, 0.6) is 5.75 Å². The summed E-state index contributed by atoms with van der Waals surface area (Å²) in [7, 11) is 0. The van der Waals surface area contributed by atoms with Gasteiger partial charge in [-0.25, -0.2) is 4.39 Å². The zero-order chi connectivity index (χ0) is 20.2. The second-order valence-corrected chi connectivity index (χ2v) is 7.78. The third-order valence-corrected chi connectivity index (χ3v) is 5.76. The topological polar surface area (TPSA) is 51.0 Å². The number of hydrogen-bond acceptors (Lipinski definition) is 3. The molecular weight excluding hydrogens is 371 g/mol. The van der Waals surface area contributed by atoms with Gasteiger partial charge in [-0.3, -0.25) is 9.59 Å². The number of hydrogen-bond donors (Lipinski definition) is 1. The van der Waals surface area contributed by atoms with Crippen molar-refractivity contribution in [1.29, 1.82) is 0 Å². The maximum absolute atomic E-state index is 13.0. The summed E-state index contributed by atoms with van der Waals surface area (Å²) in [5.74, 6) is 0.540.